The van der Waals surface area contributed by atoms with Gasteiger partial charge in [-0.3, -0.25) is 0 Å². The standard InChI is InChI=1S/C81H58B2N6S/c1-81(2)66-48-28-27-47-65(66)73-78(81)89(62-45-25-10-26-46-62)72-54-64(85(57-35-15-5-16-36-57)58-37-17-6-18-38-58)53-71-75(72)83(73)80-77(88(71)61-43-23-9-24-44-61)76-79(90-80)82-67-49-29-30-50-68(67)86(59-39-19-7-20-40-59)69-51-63(52-70(74(69)82)87(76)60-41-21-8-22-42-60)84(55-31-11-3-12-32-55)56-33-13-4-14-34-56/h3-54H,1-2H3. The van der Waals surface area contributed by atoms with Crippen LogP contribution in [-0.4, -0.2) is 13.4 Å². The van der Waals surface area contributed by atoms with Gasteiger partial charge in [-0.2, -0.15) is 11.3 Å². The monoisotopic (exact) mass is 1170 g/mol. The smallest absolute Gasteiger partial charge is 0.265 e. The Balaban J connectivity index is 1.01. The van der Waals surface area contributed by atoms with Crippen molar-refractivity contribution in [1.29, 1.82) is 0 Å². The van der Waals surface area contributed by atoms with Crippen LogP contribution in [0.25, 0.3) is 5.47 Å². The van der Waals surface area contributed by atoms with Crippen LogP contribution in [0, 0.1) is 0 Å². The number of thiophene rings is 1. The van der Waals surface area contributed by atoms with Gasteiger partial charge >= 0.3 is 0 Å². The van der Waals surface area contributed by atoms with Crippen molar-refractivity contribution in [2.45, 2.75) is 19.3 Å². The molecule has 13 aromatic rings. The molecule has 9 heteroatoms. The Morgan fingerprint density at radius 3 is 1.10 bits per heavy atom. The fourth-order valence-electron chi connectivity index (χ4n) is 15.5. The van der Waals surface area contributed by atoms with Crippen molar-refractivity contribution < 1.29 is 0 Å². The van der Waals surface area contributed by atoms with Gasteiger partial charge in [0.2, 0.25) is 0 Å². The molecule has 0 bridgehead atoms. The highest BCUT2D eigenvalue weighted by atomic mass is 32.1. The van der Waals surface area contributed by atoms with Crippen LogP contribution in [0.2, 0.25) is 0 Å². The van der Waals surface area contributed by atoms with Crippen molar-refractivity contribution >= 4 is 153 Å². The van der Waals surface area contributed by atoms with Gasteiger partial charge in [0.15, 0.2) is 0 Å². The van der Waals surface area contributed by atoms with Crippen molar-refractivity contribution in [3.05, 3.63) is 332 Å². The third-order valence-electron chi connectivity index (χ3n) is 19.0. The van der Waals surface area contributed by atoms with E-state index in [4.69, 9.17) is 0 Å². The Labute approximate surface area is 530 Å². The van der Waals surface area contributed by atoms with Gasteiger partial charge in [0.25, 0.3) is 13.4 Å². The number of benzene rings is 12. The minimum atomic E-state index is -0.397. The first kappa shape index (κ1) is 52.2. The van der Waals surface area contributed by atoms with Crippen molar-refractivity contribution in [2.24, 2.45) is 0 Å². The van der Waals surface area contributed by atoms with E-state index in [-0.39, 0.29) is 13.4 Å². The molecule has 0 saturated heterocycles. The molecule has 0 spiro atoms. The van der Waals surface area contributed by atoms with Crippen LogP contribution in [0.5, 0.6) is 0 Å². The van der Waals surface area contributed by atoms with Crippen molar-refractivity contribution in [1.82, 2.24) is 0 Å². The Bertz CT molecular complexity index is 4880. The van der Waals surface area contributed by atoms with Crippen LogP contribution in [0.3, 0.4) is 0 Å². The fraction of sp³-hybridized carbons (Fsp3) is 0.0370. The van der Waals surface area contributed by atoms with Gasteiger partial charge in [-0.05, 0) is 160 Å². The van der Waals surface area contributed by atoms with Crippen LogP contribution in [-0.2, 0) is 5.41 Å². The zero-order valence-corrected chi connectivity index (χ0v) is 50.6. The number of anilines is 17. The number of nitrogens with zero attached hydrogens (tertiary/aromatic N) is 6. The van der Waals surface area contributed by atoms with Gasteiger partial charge in [-0.25, -0.2) is 0 Å². The zero-order valence-electron chi connectivity index (χ0n) is 49.8. The van der Waals surface area contributed by atoms with Gasteiger partial charge in [0.1, 0.15) is 0 Å². The Kier molecular flexibility index (Phi) is 11.9. The molecule has 12 aromatic carbocycles. The summed E-state index contributed by atoms with van der Waals surface area (Å²) >= 11 is 2.03. The van der Waals surface area contributed by atoms with E-state index in [1.165, 1.54) is 71.0 Å². The highest BCUT2D eigenvalue weighted by Gasteiger charge is 2.56. The van der Waals surface area contributed by atoms with E-state index in [0.717, 1.165) is 73.9 Å². The first-order valence-corrected chi connectivity index (χ1v) is 32.0. The van der Waals surface area contributed by atoms with Crippen LogP contribution in [0.15, 0.2) is 321 Å². The average molecular weight is 1170 g/mol. The lowest BCUT2D eigenvalue weighted by Gasteiger charge is -2.47. The fourth-order valence-corrected chi connectivity index (χ4v) is 17.0. The highest BCUT2D eigenvalue weighted by molar-refractivity contribution is 7.39. The number of rotatable bonds is 10. The van der Waals surface area contributed by atoms with Crippen LogP contribution in [0.4, 0.5) is 96.7 Å². The van der Waals surface area contributed by atoms with E-state index < -0.39 is 5.41 Å². The first-order chi connectivity index (χ1) is 44.5. The summed E-state index contributed by atoms with van der Waals surface area (Å²) in [5, 5.41) is 0. The number of allylic oxidation sites excluding steroid dienone is 1. The lowest BCUT2D eigenvalue weighted by Crippen LogP contribution is -2.60. The summed E-state index contributed by atoms with van der Waals surface area (Å²) in [5.41, 5.74) is 27.8. The largest absolute Gasteiger partial charge is 0.314 e. The maximum atomic E-state index is 2.66. The second-order valence-corrected chi connectivity index (χ2v) is 25.5. The van der Waals surface area contributed by atoms with E-state index in [2.05, 4.69) is 359 Å². The van der Waals surface area contributed by atoms with E-state index in [0.29, 0.717) is 0 Å². The van der Waals surface area contributed by atoms with Crippen LogP contribution in [0.1, 0.15) is 25.0 Å². The van der Waals surface area contributed by atoms with Gasteiger partial charge in [0.05, 0.1) is 22.7 Å². The Morgan fingerprint density at radius 1 is 0.311 bits per heavy atom. The van der Waals surface area contributed by atoms with Crippen molar-refractivity contribution in [2.75, 3.05) is 29.4 Å². The first-order valence-electron chi connectivity index (χ1n) is 31.2. The molecule has 5 heterocycles. The summed E-state index contributed by atoms with van der Waals surface area (Å²) < 4.78 is 2.65. The highest BCUT2D eigenvalue weighted by Crippen LogP contribution is 2.60. The molecule has 90 heavy (non-hydrogen) atoms. The van der Waals surface area contributed by atoms with E-state index in [1.807, 2.05) is 11.3 Å². The second kappa shape index (κ2) is 20.6. The summed E-state index contributed by atoms with van der Waals surface area (Å²) in [7, 11) is 0. The van der Waals surface area contributed by atoms with Gasteiger partial charge in [0, 0.05) is 94.6 Å². The summed E-state index contributed by atoms with van der Waals surface area (Å²) in [4.78, 5) is 15.4. The molecule has 0 fully saturated rings. The molecule has 1 aromatic heterocycles. The van der Waals surface area contributed by atoms with Crippen LogP contribution >= 0.6 is 11.3 Å². The van der Waals surface area contributed by atoms with Gasteiger partial charge < -0.3 is 29.4 Å². The molecule has 0 unspecified atom stereocenters. The Morgan fingerprint density at radius 2 is 0.644 bits per heavy atom. The number of fused-ring (bicyclic) bond motifs is 10. The second-order valence-electron chi connectivity index (χ2n) is 24.4. The van der Waals surface area contributed by atoms with E-state index >= 15 is 0 Å². The zero-order chi connectivity index (χ0) is 59.6. The van der Waals surface area contributed by atoms with Gasteiger partial charge in [-0.1, -0.05) is 202 Å². The molecular weight excluding hydrogens is 1110 g/mol. The molecule has 18 rings (SSSR count). The molecule has 0 amide bonds. The molecule has 424 valence electrons. The predicted molar refractivity (Wildman–Crippen MR) is 382 cm³/mol. The third-order valence-corrected chi connectivity index (χ3v) is 20.3. The van der Waals surface area contributed by atoms with Crippen molar-refractivity contribution in [3.8, 4) is 0 Å². The molecule has 1 aliphatic carbocycles. The molecule has 0 N–H and O–H groups in total. The molecule has 0 radical (unpaired) electrons. The topological polar surface area (TPSA) is 19.4 Å². The Hall–Kier alpha value is -11.0. The third kappa shape index (κ3) is 7.79. The lowest BCUT2D eigenvalue weighted by atomic mass is 9.34. The average Bonchev–Trinajstić information content (AvgIpc) is 1.42. The molecule has 0 saturated carbocycles. The molecular formula is C81H58B2N6S. The number of hydrogen-bond acceptors (Lipinski definition) is 7. The SMILES string of the molecule is CC1(C)C2=C(B3c4sc5c(c4N(c4ccccc4)c4cc(N(c6ccccc6)c6ccccc6)cc(c43)N2c2ccccc2)N(c2ccccc2)c2cc(N(c3ccccc3)c3ccccc3)cc3c2B5c2ccccc2N3c2ccccc2)c2ccccc21. The minimum absolute atomic E-state index is 0.153. The molecule has 4 aliphatic heterocycles. The van der Waals surface area contributed by atoms with Crippen molar-refractivity contribution in [3.63, 3.8) is 0 Å². The van der Waals surface area contributed by atoms with Gasteiger partial charge in [-0.15, -0.1) is 0 Å². The predicted octanol–water partition coefficient (Wildman–Crippen LogP) is 18.6. The van der Waals surface area contributed by atoms with E-state index in [9.17, 15) is 0 Å². The number of para-hydroxylation sites is 9. The summed E-state index contributed by atoms with van der Waals surface area (Å²) in [5.74, 6) is 0. The number of hydrogen-bond donors (Lipinski definition) is 0. The molecule has 6 nitrogen and oxygen atoms in total. The normalized spacial score (nSPS) is 14.2. The van der Waals surface area contributed by atoms with Crippen LogP contribution < -0.4 is 55.3 Å². The summed E-state index contributed by atoms with van der Waals surface area (Å²) in [6.45, 7) is 4.59. The summed E-state index contributed by atoms with van der Waals surface area (Å²) in [6, 6.07) is 117. The molecule has 5 aliphatic rings. The maximum absolute atomic E-state index is 2.66. The minimum Gasteiger partial charge on any atom is -0.314 e. The summed E-state index contributed by atoms with van der Waals surface area (Å²) in [6.07, 6.45) is 0. The molecule has 0 atom stereocenters. The maximum Gasteiger partial charge on any atom is 0.265 e. The van der Waals surface area contributed by atoms with E-state index in [1.54, 1.807) is 0 Å². The quantitative estimate of drug-likeness (QED) is 0.126. The lowest BCUT2D eigenvalue weighted by molar-refractivity contribution is 0.626.